The van der Waals surface area contributed by atoms with Crippen LogP contribution in [0, 0.1) is 13.8 Å². The predicted molar refractivity (Wildman–Crippen MR) is 83.5 cm³/mol. The molecule has 19 heavy (non-hydrogen) atoms. The van der Waals surface area contributed by atoms with Crippen LogP contribution in [0.25, 0.3) is 0 Å². The van der Waals surface area contributed by atoms with Crippen LogP contribution in [0.1, 0.15) is 50.3 Å². The van der Waals surface area contributed by atoms with Crippen molar-refractivity contribution in [3.63, 3.8) is 0 Å². The van der Waals surface area contributed by atoms with Crippen molar-refractivity contribution in [2.75, 3.05) is 6.54 Å². The highest BCUT2D eigenvalue weighted by Gasteiger charge is 2.24. The van der Waals surface area contributed by atoms with E-state index in [1.54, 1.807) is 0 Å². The maximum Gasteiger partial charge on any atom is 0.115 e. The van der Waals surface area contributed by atoms with Gasteiger partial charge >= 0.3 is 0 Å². The summed E-state index contributed by atoms with van der Waals surface area (Å²) in [5.41, 5.74) is 2.77. The van der Waals surface area contributed by atoms with Crippen LogP contribution in [0.2, 0.25) is 0 Å². The number of thiazole rings is 1. The van der Waals surface area contributed by atoms with Crippen molar-refractivity contribution in [1.29, 1.82) is 0 Å². The van der Waals surface area contributed by atoms with E-state index in [-0.39, 0.29) is 6.04 Å². The molecule has 0 aliphatic heterocycles. The van der Waals surface area contributed by atoms with Crippen LogP contribution in [0.5, 0.6) is 0 Å². The lowest BCUT2D eigenvalue weighted by molar-refractivity contribution is 0.624. The van der Waals surface area contributed by atoms with Gasteiger partial charge in [-0.25, -0.2) is 4.98 Å². The zero-order chi connectivity index (χ0) is 13.4. The Morgan fingerprint density at radius 2 is 2.16 bits per heavy atom. The van der Waals surface area contributed by atoms with Gasteiger partial charge in [-0.1, -0.05) is 6.92 Å². The van der Waals surface area contributed by atoms with Gasteiger partial charge in [0.1, 0.15) is 5.01 Å². The number of hydrogen-bond donors (Lipinski definition) is 1. The summed E-state index contributed by atoms with van der Waals surface area (Å²) < 4.78 is 0. The van der Waals surface area contributed by atoms with Crippen LogP contribution in [0.15, 0.2) is 6.07 Å². The normalized spacial score (nSPS) is 15.7. The maximum absolute atomic E-state index is 4.90. The molecule has 2 heterocycles. The first-order valence-electron chi connectivity index (χ1n) is 6.97. The largest absolute Gasteiger partial charge is 0.305 e. The van der Waals surface area contributed by atoms with Crippen molar-refractivity contribution < 1.29 is 0 Å². The summed E-state index contributed by atoms with van der Waals surface area (Å²) in [6.45, 7) is 7.55. The Labute approximate surface area is 122 Å². The summed E-state index contributed by atoms with van der Waals surface area (Å²) in [7, 11) is 0. The highest BCUT2D eigenvalue weighted by atomic mass is 32.1. The van der Waals surface area contributed by atoms with Gasteiger partial charge in [0, 0.05) is 14.6 Å². The van der Waals surface area contributed by atoms with E-state index >= 15 is 0 Å². The van der Waals surface area contributed by atoms with Gasteiger partial charge in [0.05, 0.1) is 11.7 Å². The minimum absolute atomic E-state index is 0.283. The van der Waals surface area contributed by atoms with Crippen molar-refractivity contribution in [2.24, 2.45) is 0 Å². The Hall–Kier alpha value is -0.710. The summed E-state index contributed by atoms with van der Waals surface area (Å²) in [4.78, 5) is 9.22. The highest BCUT2D eigenvalue weighted by Crippen LogP contribution is 2.36. The molecule has 0 bridgehead atoms. The lowest BCUT2D eigenvalue weighted by Gasteiger charge is -2.15. The molecule has 1 aliphatic carbocycles. The number of hydrogen-bond acceptors (Lipinski definition) is 4. The third-order valence-electron chi connectivity index (χ3n) is 3.66. The van der Waals surface area contributed by atoms with E-state index in [1.165, 1.54) is 50.2 Å². The van der Waals surface area contributed by atoms with Gasteiger partial charge < -0.3 is 5.32 Å². The molecule has 4 heteroatoms. The Kier molecular flexibility index (Phi) is 3.74. The van der Waals surface area contributed by atoms with Crippen molar-refractivity contribution in [3.05, 3.63) is 37.0 Å². The predicted octanol–water partition coefficient (Wildman–Crippen LogP) is 4.01. The van der Waals surface area contributed by atoms with E-state index in [2.05, 4.69) is 32.2 Å². The van der Waals surface area contributed by atoms with Gasteiger partial charge in [0.2, 0.25) is 0 Å². The molecule has 3 rings (SSSR count). The average Bonchev–Trinajstić information content (AvgIpc) is 3.00. The zero-order valence-electron chi connectivity index (χ0n) is 11.7. The van der Waals surface area contributed by atoms with Crippen LogP contribution < -0.4 is 5.32 Å². The van der Waals surface area contributed by atoms with Crippen molar-refractivity contribution in [3.8, 4) is 0 Å². The zero-order valence-corrected chi connectivity index (χ0v) is 13.4. The molecule has 2 nitrogen and oxygen atoms in total. The van der Waals surface area contributed by atoms with Gasteiger partial charge in [-0.05, 0) is 51.3 Å². The van der Waals surface area contributed by atoms with Gasteiger partial charge in [-0.2, -0.15) is 0 Å². The van der Waals surface area contributed by atoms with Crippen LogP contribution in [0.4, 0.5) is 0 Å². The van der Waals surface area contributed by atoms with Crippen LogP contribution in [0.3, 0.4) is 0 Å². The molecule has 0 spiro atoms. The maximum atomic E-state index is 4.90. The summed E-state index contributed by atoms with van der Waals surface area (Å²) in [6.07, 6.45) is 3.69. The number of thiophene rings is 1. The minimum atomic E-state index is 0.283. The molecule has 0 fully saturated rings. The number of aromatic nitrogens is 1. The number of nitrogens with zero attached hydrogens (tertiary/aromatic N) is 1. The van der Waals surface area contributed by atoms with E-state index in [1.807, 2.05) is 22.7 Å². The molecule has 0 amide bonds. The monoisotopic (exact) mass is 292 g/mol. The molecule has 1 unspecified atom stereocenters. The average molecular weight is 292 g/mol. The summed E-state index contributed by atoms with van der Waals surface area (Å²) in [6, 6.07) is 2.60. The third-order valence-corrected chi connectivity index (χ3v) is 5.86. The van der Waals surface area contributed by atoms with E-state index < -0.39 is 0 Å². The molecule has 1 atom stereocenters. The highest BCUT2D eigenvalue weighted by molar-refractivity contribution is 7.12. The quantitative estimate of drug-likeness (QED) is 0.921. The Bertz CT molecular complexity index is 561. The topological polar surface area (TPSA) is 24.9 Å². The van der Waals surface area contributed by atoms with Gasteiger partial charge in [0.15, 0.2) is 0 Å². The standard InChI is InChI=1S/C15H20N2S2/c1-4-16-14(11-8-9(2)18-10(11)3)15-17-12-6-5-7-13(12)19-15/h8,14,16H,4-7H2,1-3H3. The SMILES string of the molecule is CCNC(c1nc2c(s1)CCC2)c1cc(C)sc1C. The molecular weight excluding hydrogens is 272 g/mol. The molecule has 2 aromatic heterocycles. The van der Waals surface area contributed by atoms with Crippen LogP contribution in [-0.4, -0.2) is 11.5 Å². The first-order valence-corrected chi connectivity index (χ1v) is 8.61. The van der Waals surface area contributed by atoms with E-state index in [0.717, 1.165) is 6.54 Å². The van der Waals surface area contributed by atoms with Gasteiger partial charge in [-0.15, -0.1) is 22.7 Å². The molecule has 2 aromatic rings. The Balaban J connectivity index is 1.98. The summed E-state index contributed by atoms with van der Waals surface area (Å²) in [5, 5.41) is 4.87. The summed E-state index contributed by atoms with van der Waals surface area (Å²) in [5.74, 6) is 0. The molecule has 0 aromatic carbocycles. The molecular formula is C15H20N2S2. The molecule has 102 valence electrons. The Morgan fingerprint density at radius 1 is 1.32 bits per heavy atom. The number of fused-ring (bicyclic) bond motifs is 1. The number of aryl methyl sites for hydroxylation is 4. The second-order valence-electron chi connectivity index (χ2n) is 5.13. The van der Waals surface area contributed by atoms with Gasteiger partial charge in [-0.3, -0.25) is 0 Å². The number of rotatable bonds is 4. The molecule has 1 N–H and O–H groups in total. The lowest BCUT2D eigenvalue weighted by Crippen LogP contribution is -2.22. The Morgan fingerprint density at radius 3 is 2.79 bits per heavy atom. The lowest BCUT2D eigenvalue weighted by atomic mass is 10.1. The second-order valence-corrected chi connectivity index (χ2v) is 7.71. The van der Waals surface area contributed by atoms with Crippen molar-refractivity contribution >= 4 is 22.7 Å². The molecule has 1 aliphatic rings. The molecule has 0 saturated heterocycles. The number of nitrogens with one attached hydrogen (secondary N) is 1. The first kappa shape index (κ1) is 13.3. The van der Waals surface area contributed by atoms with Crippen LogP contribution >= 0.6 is 22.7 Å². The third kappa shape index (κ3) is 2.49. The van der Waals surface area contributed by atoms with Crippen molar-refractivity contribution in [2.45, 2.75) is 46.1 Å². The molecule has 0 saturated carbocycles. The summed E-state index contributed by atoms with van der Waals surface area (Å²) >= 11 is 3.80. The minimum Gasteiger partial charge on any atom is -0.305 e. The molecule has 0 radical (unpaired) electrons. The van der Waals surface area contributed by atoms with Gasteiger partial charge in [0.25, 0.3) is 0 Å². The van der Waals surface area contributed by atoms with E-state index in [4.69, 9.17) is 4.98 Å². The van der Waals surface area contributed by atoms with Crippen LogP contribution in [-0.2, 0) is 12.8 Å². The second kappa shape index (κ2) is 5.35. The fraction of sp³-hybridized carbons (Fsp3) is 0.533. The fourth-order valence-electron chi connectivity index (χ4n) is 2.81. The first-order chi connectivity index (χ1) is 9.19. The van der Waals surface area contributed by atoms with Crippen molar-refractivity contribution in [1.82, 2.24) is 10.3 Å². The smallest absolute Gasteiger partial charge is 0.115 e. The van der Waals surface area contributed by atoms with E-state index in [0.29, 0.717) is 0 Å². The fourth-order valence-corrected chi connectivity index (χ4v) is 5.02. The van der Waals surface area contributed by atoms with E-state index in [9.17, 15) is 0 Å².